The number of aryl methyl sites for hydroxylation is 1. The highest BCUT2D eigenvalue weighted by atomic mass is 32.2. The molecule has 220 valence electrons. The second kappa shape index (κ2) is 12.4. The average Bonchev–Trinajstić information content (AvgIpc) is 2.96. The van der Waals surface area contributed by atoms with Gasteiger partial charge in [-0.15, -0.1) is 0 Å². The number of sulfonamides is 1. The highest BCUT2D eigenvalue weighted by molar-refractivity contribution is 7.89. The van der Waals surface area contributed by atoms with Crippen molar-refractivity contribution >= 4 is 16.0 Å². The summed E-state index contributed by atoms with van der Waals surface area (Å²) in [6.45, 7) is 2.37. The standard InChI is InChI=1S/C29H29F3N6O3S/c1-17-12-19(13-24(42(33,39)40)18-6-3-2-4-7-18)25(31)26(32)27(17)41-28-22(8-5-10-35-28)23-9-11-36-29(38-23)37-21-14-20(30)15-34-16-21/h2-12,20-21,24,34H,13-16H2,1H3,(H2,33,39,40)(H,36,37,38)/t20-,21-,24?/m0/s1. The third kappa shape index (κ3) is 6.69. The number of hydrogen-bond donors (Lipinski definition) is 3. The first-order valence-electron chi connectivity index (χ1n) is 13.2. The number of primary sulfonamides is 1. The minimum Gasteiger partial charge on any atom is -0.435 e. The number of nitrogens with two attached hydrogens (primary N) is 1. The SMILES string of the molecule is Cc1cc(CC(c2ccccc2)S(N)(=O)=O)c(F)c(F)c1Oc1ncccc1-c1ccnc(N[C@@H]2CNC[C@@H](F)C2)n1. The number of aromatic nitrogens is 3. The summed E-state index contributed by atoms with van der Waals surface area (Å²) in [6.07, 6.45) is 1.90. The molecule has 2 aromatic carbocycles. The Hall–Kier alpha value is -4.07. The lowest BCUT2D eigenvalue weighted by molar-refractivity contribution is 0.254. The molecular weight excluding hydrogens is 569 g/mol. The van der Waals surface area contributed by atoms with E-state index in [2.05, 4.69) is 25.6 Å². The molecule has 0 saturated carbocycles. The van der Waals surface area contributed by atoms with Crippen molar-refractivity contribution < 1.29 is 26.3 Å². The van der Waals surface area contributed by atoms with Crippen LogP contribution in [0.25, 0.3) is 11.3 Å². The lowest BCUT2D eigenvalue weighted by atomic mass is 10.0. The summed E-state index contributed by atoms with van der Waals surface area (Å²) in [7, 11) is -4.14. The number of pyridine rings is 1. The third-order valence-corrected chi connectivity index (χ3v) is 8.16. The molecule has 4 N–H and O–H groups in total. The maximum Gasteiger partial charge on any atom is 0.228 e. The highest BCUT2D eigenvalue weighted by Crippen LogP contribution is 2.37. The van der Waals surface area contributed by atoms with Gasteiger partial charge in [-0.1, -0.05) is 30.3 Å². The first-order valence-corrected chi connectivity index (χ1v) is 14.8. The van der Waals surface area contributed by atoms with Crippen molar-refractivity contribution in [3.63, 3.8) is 0 Å². The minimum absolute atomic E-state index is 0.0360. The van der Waals surface area contributed by atoms with Gasteiger partial charge in [-0.2, -0.15) is 4.39 Å². The van der Waals surface area contributed by atoms with Crippen LogP contribution in [-0.2, 0) is 16.4 Å². The van der Waals surface area contributed by atoms with Crippen LogP contribution < -0.4 is 20.5 Å². The Morgan fingerprint density at radius 1 is 1.07 bits per heavy atom. The van der Waals surface area contributed by atoms with Crippen LogP contribution in [0.2, 0.25) is 0 Å². The molecule has 13 heteroatoms. The Balaban J connectivity index is 1.42. The molecule has 2 aromatic heterocycles. The van der Waals surface area contributed by atoms with Gasteiger partial charge in [0.15, 0.2) is 11.6 Å². The van der Waals surface area contributed by atoms with Crippen LogP contribution >= 0.6 is 0 Å². The fraction of sp³-hybridized carbons (Fsp3) is 0.276. The number of benzene rings is 2. The largest absolute Gasteiger partial charge is 0.435 e. The zero-order chi connectivity index (χ0) is 29.9. The molecule has 3 atom stereocenters. The molecule has 3 heterocycles. The van der Waals surface area contributed by atoms with Crippen molar-refractivity contribution in [3.05, 3.63) is 95.3 Å². The van der Waals surface area contributed by atoms with Crippen LogP contribution in [0.3, 0.4) is 0 Å². The molecule has 1 saturated heterocycles. The monoisotopic (exact) mass is 598 g/mol. The molecule has 1 fully saturated rings. The van der Waals surface area contributed by atoms with Gasteiger partial charge in [0, 0.05) is 37.9 Å². The Morgan fingerprint density at radius 2 is 1.86 bits per heavy atom. The van der Waals surface area contributed by atoms with Crippen molar-refractivity contribution in [3.8, 4) is 22.9 Å². The van der Waals surface area contributed by atoms with E-state index in [0.717, 1.165) is 0 Å². The predicted octanol–water partition coefficient (Wildman–Crippen LogP) is 4.60. The second-order valence-corrected chi connectivity index (χ2v) is 11.8. The molecule has 9 nitrogen and oxygen atoms in total. The number of anilines is 1. The summed E-state index contributed by atoms with van der Waals surface area (Å²) in [4.78, 5) is 12.9. The molecule has 1 aliphatic heterocycles. The molecule has 0 aliphatic carbocycles. The lowest BCUT2D eigenvalue weighted by Gasteiger charge is -2.26. The van der Waals surface area contributed by atoms with Crippen molar-refractivity contribution in [1.82, 2.24) is 20.3 Å². The maximum absolute atomic E-state index is 15.5. The van der Waals surface area contributed by atoms with E-state index in [1.807, 2.05) is 0 Å². The van der Waals surface area contributed by atoms with Gasteiger partial charge in [0.05, 0.1) is 11.3 Å². The van der Waals surface area contributed by atoms with Gasteiger partial charge in [0.1, 0.15) is 11.4 Å². The Labute approximate surface area is 241 Å². The fourth-order valence-electron chi connectivity index (χ4n) is 4.89. The molecule has 4 aromatic rings. The molecule has 1 aliphatic rings. The molecule has 0 bridgehead atoms. The number of nitrogens with zero attached hydrogens (tertiary/aromatic N) is 3. The van der Waals surface area contributed by atoms with Gasteiger partial charge < -0.3 is 15.4 Å². The highest BCUT2D eigenvalue weighted by Gasteiger charge is 2.28. The zero-order valence-corrected chi connectivity index (χ0v) is 23.4. The Morgan fingerprint density at radius 3 is 2.60 bits per heavy atom. The van der Waals surface area contributed by atoms with Gasteiger partial charge in [-0.25, -0.2) is 37.3 Å². The van der Waals surface area contributed by atoms with Crippen LogP contribution in [0, 0.1) is 18.6 Å². The number of ether oxygens (including phenoxy) is 1. The number of rotatable bonds is 9. The van der Waals surface area contributed by atoms with E-state index >= 15 is 8.78 Å². The first-order chi connectivity index (χ1) is 20.1. The summed E-state index contributed by atoms with van der Waals surface area (Å²) in [6, 6.07) is 14.1. The van der Waals surface area contributed by atoms with E-state index in [9.17, 15) is 12.8 Å². The van der Waals surface area contributed by atoms with E-state index in [4.69, 9.17) is 9.88 Å². The van der Waals surface area contributed by atoms with Crippen molar-refractivity contribution in [2.45, 2.75) is 37.2 Å². The van der Waals surface area contributed by atoms with Gasteiger partial charge >= 0.3 is 0 Å². The molecule has 0 amide bonds. The van der Waals surface area contributed by atoms with Gasteiger partial charge in [-0.3, -0.25) is 0 Å². The van der Waals surface area contributed by atoms with Gasteiger partial charge in [0.2, 0.25) is 27.7 Å². The van der Waals surface area contributed by atoms with Crippen molar-refractivity contribution in [2.75, 3.05) is 18.4 Å². The zero-order valence-electron chi connectivity index (χ0n) is 22.6. The van der Waals surface area contributed by atoms with E-state index in [1.165, 1.54) is 25.4 Å². The van der Waals surface area contributed by atoms with Crippen LogP contribution in [0.4, 0.5) is 19.1 Å². The van der Waals surface area contributed by atoms with Gasteiger partial charge in [0.25, 0.3) is 0 Å². The Bertz CT molecular complexity index is 1680. The number of piperidine rings is 1. The predicted molar refractivity (Wildman–Crippen MR) is 152 cm³/mol. The molecule has 1 unspecified atom stereocenters. The molecule has 0 spiro atoms. The number of halogens is 3. The molecule has 0 radical (unpaired) electrons. The maximum atomic E-state index is 15.5. The van der Waals surface area contributed by atoms with E-state index < -0.39 is 38.8 Å². The lowest BCUT2D eigenvalue weighted by Crippen LogP contribution is -2.44. The molecule has 42 heavy (non-hydrogen) atoms. The number of alkyl halides is 1. The third-order valence-electron chi connectivity index (χ3n) is 6.93. The van der Waals surface area contributed by atoms with Crippen LogP contribution in [-0.4, -0.2) is 48.7 Å². The van der Waals surface area contributed by atoms with E-state index in [1.54, 1.807) is 48.5 Å². The summed E-state index contributed by atoms with van der Waals surface area (Å²) in [5.41, 5.74) is 1.19. The second-order valence-electron chi connectivity index (χ2n) is 10.1. The summed E-state index contributed by atoms with van der Waals surface area (Å²) in [5.74, 6) is -2.72. The van der Waals surface area contributed by atoms with E-state index in [-0.39, 0.29) is 35.4 Å². The van der Waals surface area contributed by atoms with Crippen LogP contribution in [0.1, 0.15) is 28.4 Å². The number of hydrogen-bond acceptors (Lipinski definition) is 8. The van der Waals surface area contributed by atoms with Crippen LogP contribution in [0.5, 0.6) is 11.6 Å². The fourth-order valence-corrected chi connectivity index (χ4v) is 5.84. The average molecular weight is 599 g/mol. The van der Waals surface area contributed by atoms with E-state index in [0.29, 0.717) is 36.3 Å². The molecule has 5 rings (SSSR count). The Kier molecular flexibility index (Phi) is 8.71. The topological polar surface area (TPSA) is 132 Å². The minimum atomic E-state index is -4.14. The van der Waals surface area contributed by atoms with Gasteiger partial charge in [-0.05, 0) is 54.3 Å². The smallest absolute Gasteiger partial charge is 0.228 e. The summed E-state index contributed by atoms with van der Waals surface area (Å²) >= 11 is 0. The van der Waals surface area contributed by atoms with Crippen molar-refractivity contribution in [2.24, 2.45) is 5.14 Å². The van der Waals surface area contributed by atoms with Crippen LogP contribution in [0.15, 0.2) is 67.0 Å². The quantitative estimate of drug-likeness (QED) is 0.255. The van der Waals surface area contributed by atoms with Crippen molar-refractivity contribution in [1.29, 1.82) is 0 Å². The molecular formula is C29H29F3N6O3S. The normalized spacial score (nSPS) is 17.9. The first kappa shape index (κ1) is 29.4. The summed E-state index contributed by atoms with van der Waals surface area (Å²) < 4.78 is 75.1. The number of nitrogens with one attached hydrogen (secondary N) is 2. The summed E-state index contributed by atoms with van der Waals surface area (Å²) in [5, 5.41) is 10.3.